The third kappa shape index (κ3) is 3.45. The second-order valence-corrected chi connectivity index (χ2v) is 5.58. The molecule has 5 heteroatoms. The Kier molecular flexibility index (Phi) is 4.42. The maximum Gasteiger partial charge on any atom is 0.254 e. The van der Waals surface area contributed by atoms with E-state index in [4.69, 9.17) is 11.6 Å². The average Bonchev–Trinajstić information content (AvgIpc) is 2.36. The van der Waals surface area contributed by atoms with Crippen LogP contribution in [0, 0.1) is 5.82 Å². The molecule has 2 rings (SSSR count). The predicted molar refractivity (Wildman–Crippen MR) is 74.0 cm³/mol. The topological polar surface area (TPSA) is 32.3 Å². The second kappa shape index (κ2) is 5.88. The van der Waals surface area contributed by atoms with Crippen LogP contribution in [0.2, 0.25) is 5.02 Å². The van der Waals surface area contributed by atoms with Gasteiger partial charge in [-0.1, -0.05) is 11.6 Å². The van der Waals surface area contributed by atoms with Crippen LogP contribution in [-0.2, 0) is 0 Å². The molecule has 0 radical (unpaired) electrons. The average molecular weight is 285 g/mol. The number of carbonyl (C=O) groups excluding carboxylic acids is 1. The molecule has 2 unspecified atom stereocenters. The van der Waals surface area contributed by atoms with E-state index in [2.05, 4.69) is 24.2 Å². The highest BCUT2D eigenvalue weighted by atomic mass is 35.5. The molecule has 1 aliphatic heterocycles. The normalized spacial score (nSPS) is 24.2. The Morgan fingerprint density at radius 1 is 1.53 bits per heavy atom. The molecule has 1 amide bonds. The number of likely N-dealkylation sites (tertiary alicyclic amines) is 1. The van der Waals surface area contributed by atoms with Gasteiger partial charge >= 0.3 is 0 Å². The van der Waals surface area contributed by atoms with Crippen LogP contribution in [0.4, 0.5) is 4.39 Å². The molecule has 19 heavy (non-hydrogen) atoms. The minimum absolute atomic E-state index is 0.0130. The summed E-state index contributed by atoms with van der Waals surface area (Å²) in [4.78, 5) is 14.3. The summed E-state index contributed by atoms with van der Waals surface area (Å²) in [6.45, 7) is 3.06. The number of hydrogen-bond donors (Lipinski definition) is 1. The van der Waals surface area contributed by atoms with Crippen molar-refractivity contribution in [3.63, 3.8) is 0 Å². The standard InChI is InChI=1S/C14H18ClFN2O/c1-9-7-11(5-6-18(9)2)17-14(19)12-8-10(15)3-4-13(12)16/h3-4,8-9,11H,5-7H2,1-2H3,(H,17,19). The molecule has 2 atom stereocenters. The summed E-state index contributed by atoms with van der Waals surface area (Å²) in [6.07, 6.45) is 1.76. The van der Waals surface area contributed by atoms with E-state index in [1.165, 1.54) is 18.2 Å². The van der Waals surface area contributed by atoms with Crippen molar-refractivity contribution in [3.05, 3.63) is 34.6 Å². The molecular formula is C14H18ClFN2O. The van der Waals surface area contributed by atoms with Gasteiger partial charge in [0, 0.05) is 23.7 Å². The fourth-order valence-electron chi connectivity index (χ4n) is 2.36. The molecule has 1 saturated heterocycles. The zero-order valence-corrected chi connectivity index (χ0v) is 11.9. The number of nitrogens with one attached hydrogen (secondary N) is 1. The van der Waals surface area contributed by atoms with E-state index >= 15 is 0 Å². The summed E-state index contributed by atoms with van der Waals surface area (Å²) in [5, 5.41) is 3.25. The van der Waals surface area contributed by atoms with Gasteiger partial charge in [-0.15, -0.1) is 0 Å². The molecule has 0 spiro atoms. The number of nitrogens with zero attached hydrogens (tertiary/aromatic N) is 1. The number of rotatable bonds is 2. The van der Waals surface area contributed by atoms with Crippen molar-refractivity contribution in [3.8, 4) is 0 Å². The molecule has 1 aliphatic rings. The summed E-state index contributed by atoms with van der Waals surface area (Å²) in [5.74, 6) is -0.926. The van der Waals surface area contributed by atoms with Gasteiger partial charge in [-0.05, 0) is 45.0 Å². The van der Waals surface area contributed by atoms with E-state index in [9.17, 15) is 9.18 Å². The third-order valence-corrected chi connectivity index (χ3v) is 3.95. The number of carbonyl (C=O) groups is 1. The number of hydrogen-bond acceptors (Lipinski definition) is 2. The summed E-state index contributed by atoms with van der Waals surface area (Å²) in [6, 6.07) is 4.53. The molecule has 0 bridgehead atoms. The lowest BCUT2D eigenvalue weighted by atomic mass is 9.98. The lowest BCUT2D eigenvalue weighted by molar-refractivity contribution is 0.0892. The van der Waals surface area contributed by atoms with E-state index in [1.807, 2.05) is 0 Å². The van der Waals surface area contributed by atoms with Crippen LogP contribution in [0.5, 0.6) is 0 Å². The molecule has 0 aliphatic carbocycles. The second-order valence-electron chi connectivity index (χ2n) is 5.15. The monoisotopic (exact) mass is 284 g/mol. The predicted octanol–water partition coefficient (Wildman–Crippen LogP) is 2.69. The van der Waals surface area contributed by atoms with Crippen molar-refractivity contribution in [2.24, 2.45) is 0 Å². The Labute approximate surface area is 117 Å². The van der Waals surface area contributed by atoms with Crippen LogP contribution < -0.4 is 5.32 Å². The first kappa shape index (κ1) is 14.3. The number of benzene rings is 1. The van der Waals surface area contributed by atoms with Gasteiger partial charge in [0.05, 0.1) is 5.56 Å². The van der Waals surface area contributed by atoms with Gasteiger partial charge in [0.25, 0.3) is 5.91 Å². The molecule has 1 fully saturated rings. The lowest BCUT2D eigenvalue weighted by Crippen LogP contribution is -2.47. The highest BCUT2D eigenvalue weighted by molar-refractivity contribution is 6.31. The molecular weight excluding hydrogens is 267 g/mol. The van der Waals surface area contributed by atoms with E-state index in [0.717, 1.165) is 19.4 Å². The Hall–Kier alpha value is -1.13. The summed E-state index contributed by atoms with van der Waals surface area (Å²) < 4.78 is 13.6. The smallest absolute Gasteiger partial charge is 0.254 e. The molecule has 1 heterocycles. The summed E-state index contributed by atoms with van der Waals surface area (Å²) in [7, 11) is 2.07. The summed E-state index contributed by atoms with van der Waals surface area (Å²) in [5.41, 5.74) is 0.0130. The molecule has 1 aromatic rings. The first-order valence-electron chi connectivity index (χ1n) is 6.43. The zero-order chi connectivity index (χ0) is 14.0. The van der Waals surface area contributed by atoms with Crippen LogP contribution in [0.3, 0.4) is 0 Å². The molecule has 104 valence electrons. The van der Waals surface area contributed by atoms with Crippen LogP contribution >= 0.6 is 11.6 Å². The minimum Gasteiger partial charge on any atom is -0.349 e. The Balaban J connectivity index is 2.03. The number of amides is 1. The number of piperidine rings is 1. The van der Waals surface area contributed by atoms with Gasteiger partial charge in [-0.25, -0.2) is 4.39 Å². The summed E-state index contributed by atoms with van der Waals surface area (Å²) >= 11 is 5.79. The van der Waals surface area contributed by atoms with Crippen LogP contribution in [0.1, 0.15) is 30.1 Å². The fraction of sp³-hybridized carbons (Fsp3) is 0.500. The van der Waals surface area contributed by atoms with E-state index in [-0.39, 0.29) is 17.5 Å². The van der Waals surface area contributed by atoms with Crippen molar-refractivity contribution in [1.29, 1.82) is 0 Å². The lowest BCUT2D eigenvalue weighted by Gasteiger charge is -2.35. The maximum absolute atomic E-state index is 13.6. The Morgan fingerprint density at radius 3 is 2.95 bits per heavy atom. The molecule has 0 saturated carbocycles. The highest BCUT2D eigenvalue weighted by Gasteiger charge is 2.25. The molecule has 1 aromatic carbocycles. The van der Waals surface area contributed by atoms with Crippen molar-refractivity contribution in [2.75, 3.05) is 13.6 Å². The van der Waals surface area contributed by atoms with Crippen molar-refractivity contribution in [1.82, 2.24) is 10.2 Å². The van der Waals surface area contributed by atoms with Gasteiger partial charge in [-0.3, -0.25) is 4.79 Å². The van der Waals surface area contributed by atoms with Crippen LogP contribution in [0.25, 0.3) is 0 Å². The van der Waals surface area contributed by atoms with E-state index in [0.29, 0.717) is 11.1 Å². The van der Waals surface area contributed by atoms with Gasteiger partial charge < -0.3 is 10.2 Å². The molecule has 3 nitrogen and oxygen atoms in total. The Bertz CT molecular complexity index is 481. The Morgan fingerprint density at radius 2 is 2.26 bits per heavy atom. The van der Waals surface area contributed by atoms with Gasteiger partial charge in [0.15, 0.2) is 0 Å². The largest absolute Gasteiger partial charge is 0.349 e. The minimum atomic E-state index is -0.539. The number of halogens is 2. The fourth-order valence-corrected chi connectivity index (χ4v) is 2.53. The van der Waals surface area contributed by atoms with Crippen molar-refractivity contribution in [2.45, 2.75) is 31.8 Å². The maximum atomic E-state index is 13.6. The third-order valence-electron chi connectivity index (χ3n) is 3.72. The van der Waals surface area contributed by atoms with Gasteiger partial charge in [0.2, 0.25) is 0 Å². The van der Waals surface area contributed by atoms with Crippen LogP contribution in [0.15, 0.2) is 18.2 Å². The van der Waals surface area contributed by atoms with Crippen molar-refractivity contribution >= 4 is 17.5 Å². The van der Waals surface area contributed by atoms with Gasteiger partial charge in [-0.2, -0.15) is 0 Å². The highest BCUT2D eigenvalue weighted by Crippen LogP contribution is 2.18. The van der Waals surface area contributed by atoms with E-state index in [1.54, 1.807) is 0 Å². The zero-order valence-electron chi connectivity index (χ0n) is 11.1. The first-order valence-corrected chi connectivity index (χ1v) is 6.81. The van der Waals surface area contributed by atoms with Crippen LogP contribution in [-0.4, -0.2) is 36.5 Å². The molecule has 0 aromatic heterocycles. The molecule has 1 N–H and O–H groups in total. The van der Waals surface area contributed by atoms with Crippen molar-refractivity contribution < 1.29 is 9.18 Å². The quantitative estimate of drug-likeness (QED) is 0.906. The SMILES string of the molecule is CC1CC(NC(=O)c2cc(Cl)ccc2F)CCN1C. The first-order chi connectivity index (χ1) is 8.97. The van der Waals surface area contributed by atoms with E-state index < -0.39 is 5.82 Å². The van der Waals surface area contributed by atoms with Gasteiger partial charge in [0.1, 0.15) is 5.82 Å².